The predicted molar refractivity (Wildman–Crippen MR) is 55.4 cm³/mol. The van der Waals surface area contributed by atoms with E-state index in [4.69, 9.17) is 5.11 Å². The smallest absolute Gasteiger partial charge is 0.311 e. The van der Waals surface area contributed by atoms with E-state index in [0.29, 0.717) is 0 Å². The first-order valence-corrected chi connectivity index (χ1v) is 4.67. The number of nitro benzene ring substituents is 1. The van der Waals surface area contributed by atoms with Crippen molar-refractivity contribution in [3.63, 3.8) is 0 Å². The average molecular weight is 225 g/mol. The summed E-state index contributed by atoms with van der Waals surface area (Å²) in [7, 11) is 0. The van der Waals surface area contributed by atoms with Crippen LogP contribution >= 0.6 is 0 Å². The van der Waals surface area contributed by atoms with Gasteiger partial charge in [0.25, 0.3) is 5.69 Å². The molecule has 0 amide bonds. The van der Waals surface area contributed by atoms with Crippen LogP contribution in [0.1, 0.15) is 24.8 Å². The summed E-state index contributed by atoms with van der Waals surface area (Å²) in [5.74, 6) is -2.28. The van der Waals surface area contributed by atoms with Crippen molar-refractivity contribution in [1.82, 2.24) is 0 Å². The molecule has 1 unspecified atom stereocenters. The Morgan fingerprint density at radius 2 is 2.19 bits per heavy atom. The van der Waals surface area contributed by atoms with E-state index in [1.165, 1.54) is 0 Å². The van der Waals surface area contributed by atoms with Gasteiger partial charge in [0.1, 0.15) is 5.75 Å². The fraction of sp³-hybridized carbons (Fsp3) is 0.300. The van der Waals surface area contributed by atoms with Gasteiger partial charge in [-0.15, -0.1) is 0 Å². The van der Waals surface area contributed by atoms with Gasteiger partial charge in [-0.3, -0.25) is 14.9 Å². The van der Waals surface area contributed by atoms with Crippen LogP contribution in [-0.4, -0.2) is 21.1 Å². The van der Waals surface area contributed by atoms with Crippen LogP contribution in [0.2, 0.25) is 0 Å². The van der Waals surface area contributed by atoms with Gasteiger partial charge in [-0.2, -0.15) is 0 Å². The van der Waals surface area contributed by atoms with E-state index >= 15 is 0 Å². The third-order valence-electron chi connectivity index (χ3n) is 2.30. The number of carboxylic acid groups (broad SMARTS) is 1. The quantitative estimate of drug-likeness (QED) is 0.601. The number of carbonyl (C=O) groups is 1. The highest BCUT2D eigenvalue weighted by molar-refractivity contribution is 5.77. The molecule has 16 heavy (non-hydrogen) atoms. The lowest BCUT2D eigenvalue weighted by Crippen LogP contribution is -2.10. The molecule has 0 saturated heterocycles. The Kier molecular flexibility index (Phi) is 3.44. The highest BCUT2D eigenvalue weighted by Gasteiger charge is 2.23. The third-order valence-corrected chi connectivity index (χ3v) is 2.30. The zero-order valence-corrected chi connectivity index (χ0v) is 8.58. The number of aromatic hydroxyl groups is 1. The summed E-state index contributed by atoms with van der Waals surface area (Å²) in [5, 5.41) is 28.9. The molecule has 0 aliphatic carbocycles. The second kappa shape index (κ2) is 4.61. The molecule has 1 rings (SSSR count). The van der Waals surface area contributed by atoms with Crippen molar-refractivity contribution < 1.29 is 19.9 Å². The molecular weight excluding hydrogens is 214 g/mol. The van der Waals surface area contributed by atoms with Crippen LogP contribution < -0.4 is 0 Å². The van der Waals surface area contributed by atoms with Crippen LogP contribution in [0.25, 0.3) is 0 Å². The minimum absolute atomic E-state index is 0.0733. The Morgan fingerprint density at radius 3 is 2.62 bits per heavy atom. The summed E-state index contributed by atoms with van der Waals surface area (Å²) in [6.45, 7) is 1.64. The number of nitro groups is 1. The van der Waals surface area contributed by atoms with Crippen LogP contribution in [-0.2, 0) is 4.79 Å². The SMILES string of the molecule is CCC(C(=O)O)c1cc([N+](=O)[O-])ccc1O. The van der Waals surface area contributed by atoms with Crippen LogP contribution in [0.5, 0.6) is 5.75 Å². The highest BCUT2D eigenvalue weighted by Crippen LogP contribution is 2.31. The topological polar surface area (TPSA) is 101 Å². The molecule has 0 spiro atoms. The maximum atomic E-state index is 10.9. The lowest BCUT2D eigenvalue weighted by Gasteiger charge is -2.11. The summed E-state index contributed by atoms with van der Waals surface area (Å²) in [6.07, 6.45) is 0.254. The van der Waals surface area contributed by atoms with E-state index in [0.717, 1.165) is 18.2 Å². The Bertz CT molecular complexity index is 429. The lowest BCUT2D eigenvalue weighted by atomic mass is 9.95. The molecule has 0 aliphatic rings. The molecule has 0 heterocycles. The molecule has 0 aromatic heterocycles. The van der Waals surface area contributed by atoms with Crippen LogP contribution in [0.3, 0.4) is 0 Å². The molecule has 0 saturated carbocycles. The zero-order valence-electron chi connectivity index (χ0n) is 8.58. The normalized spacial score (nSPS) is 12.1. The first-order valence-electron chi connectivity index (χ1n) is 4.67. The van der Waals surface area contributed by atoms with Gasteiger partial charge in [0, 0.05) is 17.7 Å². The number of non-ortho nitro benzene ring substituents is 1. The second-order valence-electron chi connectivity index (χ2n) is 3.30. The van der Waals surface area contributed by atoms with E-state index in [9.17, 15) is 20.0 Å². The maximum Gasteiger partial charge on any atom is 0.311 e. The summed E-state index contributed by atoms with van der Waals surface area (Å²) < 4.78 is 0. The Hall–Kier alpha value is -2.11. The van der Waals surface area contributed by atoms with Gasteiger partial charge < -0.3 is 10.2 Å². The van der Waals surface area contributed by atoms with Crippen molar-refractivity contribution in [3.05, 3.63) is 33.9 Å². The van der Waals surface area contributed by atoms with Crippen LogP contribution in [0.4, 0.5) is 5.69 Å². The van der Waals surface area contributed by atoms with Crippen molar-refractivity contribution in [2.24, 2.45) is 0 Å². The number of hydrogen-bond donors (Lipinski definition) is 2. The fourth-order valence-corrected chi connectivity index (χ4v) is 1.46. The number of rotatable bonds is 4. The molecule has 0 aliphatic heterocycles. The van der Waals surface area contributed by atoms with Crippen LogP contribution in [0.15, 0.2) is 18.2 Å². The maximum absolute atomic E-state index is 10.9. The second-order valence-corrected chi connectivity index (χ2v) is 3.30. The predicted octanol–water partition coefficient (Wildman–Crippen LogP) is 1.88. The highest BCUT2D eigenvalue weighted by atomic mass is 16.6. The molecule has 86 valence electrons. The molecular formula is C10H11NO5. The number of aliphatic carboxylic acids is 1. The first kappa shape index (κ1) is 12.0. The molecule has 0 bridgehead atoms. The minimum atomic E-state index is -1.11. The molecule has 0 fully saturated rings. The van der Waals surface area contributed by atoms with E-state index in [2.05, 4.69) is 0 Å². The molecule has 6 nitrogen and oxygen atoms in total. The van der Waals surface area contributed by atoms with Gasteiger partial charge in [0.15, 0.2) is 0 Å². The number of benzene rings is 1. The Labute approximate surface area is 91.3 Å². The van der Waals surface area contributed by atoms with E-state index in [1.54, 1.807) is 6.92 Å². The number of phenols is 1. The third kappa shape index (κ3) is 2.28. The summed E-state index contributed by atoms with van der Waals surface area (Å²) in [6, 6.07) is 3.37. The summed E-state index contributed by atoms with van der Waals surface area (Å²) >= 11 is 0. The van der Waals surface area contributed by atoms with Gasteiger partial charge in [-0.1, -0.05) is 6.92 Å². The van der Waals surface area contributed by atoms with Gasteiger partial charge >= 0.3 is 5.97 Å². The van der Waals surface area contributed by atoms with Crippen molar-refractivity contribution in [3.8, 4) is 5.75 Å². The van der Waals surface area contributed by atoms with Crippen LogP contribution in [0, 0.1) is 10.1 Å². The Morgan fingerprint density at radius 1 is 1.56 bits per heavy atom. The van der Waals surface area contributed by atoms with Gasteiger partial charge in [-0.05, 0) is 12.5 Å². The largest absolute Gasteiger partial charge is 0.508 e. The van der Waals surface area contributed by atoms with Crippen molar-refractivity contribution in [2.45, 2.75) is 19.3 Å². The molecule has 1 aromatic rings. The number of nitrogens with zero attached hydrogens (tertiary/aromatic N) is 1. The van der Waals surface area contributed by atoms with Crippen molar-refractivity contribution >= 4 is 11.7 Å². The standard InChI is InChI=1S/C10H11NO5/c1-2-7(10(13)14)8-5-6(11(15)16)3-4-9(8)12/h3-5,7,12H,2H2,1H3,(H,13,14). The van der Waals surface area contributed by atoms with E-state index in [-0.39, 0.29) is 23.4 Å². The molecule has 1 aromatic carbocycles. The summed E-state index contributed by atoms with van der Waals surface area (Å²) in [4.78, 5) is 20.8. The number of hydrogen-bond acceptors (Lipinski definition) is 4. The Balaban J connectivity index is 3.25. The van der Waals surface area contributed by atoms with Crippen molar-refractivity contribution in [1.29, 1.82) is 0 Å². The van der Waals surface area contributed by atoms with Gasteiger partial charge in [-0.25, -0.2) is 0 Å². The lowest BCUT2D eigenvalue weighted by molar-refractivity contribution is -0.384. The number of carboxylic acids is 1. The van der Waals surface area contributed by atoms with E-state index < -0.39 is 16.8 Å². The van der Waals surface area contributed by atoms with Gasteiger partial charge in [0.05, 0.1) is 10.8 Å². The molecule has 2 N–H and O–H groups in total. The first-order chi connectivity index (χ1) is 7.47. The van der Waals surface area contributed by atoms with Crippen molar-refractivity contribution in [2.75, 3.05) is 0 Å². The van der Waals surface area contributed by atoms with Gasteiger partial charge in [0.2, 0.25) is 0 Å². The fourth-order valence-electron chi connectivity index (χ4n) is 1.46. The molecule has 1 atom stereocenters. The molecule has 6 heteroatoms. The number of phenolic OH excluding ortho intramolecular Hbond substituents is 1. The zero-order chi connectivity index (χ0) is 12.3. The average Bonchev–Trinajstić information content (AvgIpc) is 2.20. The minimum Gasteiger partial charge on any atom is -0.508 e. The molecule has 0 radical (unpaired) electrons. The summed E-state index contributed by atoms with van der Waals surface area (Å²) in [5.41, 5.74) is -0.156. The monoisotopic (exact) mass is 225 g/mol. The van der Waals surface area contributed by atoms with E-state index in [1.807, 2.05) is 0 Å².